The van der Waals surface area contributed by atoms with Crippen LogP contribution in [0.4, 0.5) is 4.79 Å². The molecule has 1 aromatic heterocycles. The molecule has 0 bridgehead atoms. The summed E-state index contributed by atoms with van der Waals surface area (Å²) in [5.41, 5.74) is 0. The summed E-state index contributed by atoms with van der Waals surface area (Å²) in [6, 6.07) is 3.81. The Morgan fingerprint density at radius 3 is 2.79 bits per heavy atom. The Kier molecular flexibility index (Phi) is 6.70. The summed E-state index contributed by atoms with van der Waals surface area (Å²) in [5, 5.41) is 5.86. The van der Waals surface area contributed by atoms with E-state index in [4.69, 9.17) is 4.42 Å². The molecule has 0 aliphatic carbocycles. The van der Waals surface area contributed by atoms with Gasteiger partial charge in [-0.25, -0.2) is 4.79 Å². The van der Waals surface area contributed by atoms with Crippen molar-refractivity contribution in [3.63, 3.8) is 0 Å². The molecule has 134 valence electrons. The van der Waals surface area contributed by atoms with E-state index < -0.39 is 0 Å². The van der Waals surface area contributed by atoms with Crippen molar-refractivity contribution >= 4 is 11.9 Å². The van der Waals surface area contributed by atoms with Gasteiger partial charge in [-0.2, -0.15) is 0 Å². The first-order chi connectivity index (χ1) is 11.5. The second-order valence-electron chi connectivity index (χ2n) is 6.83. The quantitative estimate of drug-likeness (QED) is 0.839. The molecule has 2 atom stereocenters. The van der Waals surface area contributed by atoms with Crippen molar-refractivity contribution in [1.29, 1.82) is 0 Å². The van der Waals surface area contributed by atoms with Crippen LogP contribution in [0.5, 0.6) is 0 Å². The van der Waals surface area contributed by atoms with Gasteiger partial charge in [0, 0.05) is 25.6 Å². The molecule has 3 amide bonds. The first kappa shape index (κ1) is 18.4. The Bertz CT molecular complexity index is 528. The highest BCUT2D eigenvalue weighted by Gasteiger charge is 2.31. The molecule has 6 heteroatoms. The lowest BCUT2D eigenvalue weighted by atomic mass is 9.81. The van der Waals surface area contributed by atoms with E-state index in [-0.39, 0.29) is 18.0 Å². The van der Waals surface area contributed by atoms with E-state index in [0.29, 0.717) is 31.3 Å². The van der Waals surface area contributed by atoms with Crippen LogP contribution >= 0.6 is 0 Å². The number of likely N-dealkylation sites (tertiary alicyclic amines) is 1. The van der Waals surface area contributed by atoms with Gasteiger partial charge >= 0.3 is 6.03 Å². The molecule has 1 saturated heterocycles. The Morgan fingerprint density at radius 2 is 2.17 bits per heavy atom. The van der Waals surface area contributed by atoms with E-state index in [1.165, 1.54) is 0 Å². The van der Waals surface area contributed by atoms with Crippen LogP contribution in [0.3, 0.4) is 0 Å². The molecule has 0 aromatic carbocycles. The molecule has 1 aliphatic heterocycles. The minimum absolute atomic E-state index is 0.00386. The number of hydrogen-bond donors (Lipinski definition) is 2. The summed E-state index contributed by atoms with van der Waals surface area (Å²) in [6.45, 7) is 7.92. The predicted molar refractivity (Wildman–Crippen MR) is 92.3 cm³/mol. The Balaban J connectivity index is 1.81. The fraction of sp³-hybridized carbons (Fsp3) is 0.667. The minimum Gasteiger partial charge on any atom is -0.467 e. The van der Waals surface area contributed by atoms with Gasteiger partial charge in [0.2, 0.25) is 5.91 Å². The van der Waals surface area contributed by atoms with Crippen molar-refractivity contribution in [3.8, 4) is 0 Å². The van der Waals surface area contributed by atoms with Crippen molar-refractivity contribution < 1.29 is 14.0 Å². The number of nitrogens with zero attached hydrogens (tertiary/aromatic N) is 1. The van der Waals surface area contributed by atoms with E-state index in [1.807, 2.05) is 30.9 Å². The van der Waals surface area contributed by atoms with Gasteiger partial charge in [0.1, 0.15) is 5.76 Å². The monoisotopic (exact) mass is 335 g/mol. The summed E-state index contributed by atoms with van der Waals surface area (Å²) >= 11 is 0. The molecule has 6 nitrogen and oxygen atoms in total. The van der Waals surface area contributed by atoms with Gasteiger partial charge in [-0.05, 0) is 44.2 Å². The molecule has 2 heterocycles. The average Bonchev–Trinajstić information content (AvgIpc) is 3.06. The van der Waals surface area contributed by atoms with Crippen molar-refractivity contribution in [2.45, 2.75) is 52.6 Å². The third kappa shape index (κ3) is 5.28. The SMILES string of the molecule is CC[C@@H]1CN(C(=O)NC(C)C)CC[C@H]1CC(=O)NCc1ccco1. The average molecular weight is 335 g/mol. The lowest BCUT2D eigenvalue weighted by molar-refractivity contribution is -0.123. The lowest BCUT2D eigenvalue weighted by Crippen LogP contribution is -2.50. The Hall–Kier alpha value is -1.98. The van der Waals surface area contributed by atoms with Gasteiger partial charge in [0.15, 0.2) is 0 Å². The Morgan fingerprint density at radius 1 is 1.38 bits per heavy atom. The maximum atomic E-state index is 12.2. The normalized spacial score (nSPS) is 20.9. The second kappa shape index (κ2) is 8.76. The molecule has 0 radical (unpaired) electrons. The standard InChI is InChI=1S/C18H29N3O3/c1-4-14-12-21(18(23)20-13(2)3)8-7-15(14)10-17(22)19-11-16-6-5-9-24-16/h5-6,9,13-15H,4,7-8,10-12H2,1-3H3,(H,19,22)(H,20,23)/t14-,15+/m1/s1. The van der Waals surface area contributed by atoms with Crippen LogP contribution in [-0.4, -0.2) is 36.0 Å². The zero-order valence-corrected chi connectivity index (χ0v) is 14.9. The summed E-state index contributed by atoms with van der Waals surface area (Å²) in [6.07, 6.45) is 3.96. The van der Waals surface area contributed by atoms with Crippen molar-refractivity contribution in [2.75, 3.05) is 13.1 Å². The summed E-state index contributed by atoms with van der Waals surface area (Å²) in [7, 11) is 0. The molecule has 0 spiro atoms. The van der Waals surface area contributed by atoms with E-state index >= 15 is 0 Å². The van der Waals surface area contributed by atoms with Gasteiger partial charge in [-0.15, -0.1) is 0 Å². The third-order valence-electron chi connectivity index (χ3n) is 4.60. The summed E-state index contributed by atoms with van der Waals surface area (Å²) in [4.78, 5) is 26.2. The van der Waals surface area contributed by atoms with Crippen LogP contribution in [0.2, 0.25) is 0 Å². The summed E-state index contributed by atoms with van der Waals surface area (Å²) in [5.74, 6) is 1.51. The zero-order valence-electron chi connectivity index (χ0n) is 14.9. The molecular formula is C18H29N3O3. The minimum atomic E-state index is 0.00386. The number of rotatable bonds is 6. The van der Waals surface area contributed by atoms with Crippen molar-refractivity contribution in [2.24, 2.45) is 11.8 Å². The highest BCUT2D eigenvalue weighted by Crippen LogP contribution is 2.29. The van der Waals surface area contributed by atoms with Gasteiger partial charge in [0.05, 0.1) is 12.8 Å². The fourth-order valence-electron chi connectivity index (χ4n) is 3.24. The van der Waals surface area contributed by atoms with Crippen LogP contribution < -0.4 is 10.6 Å². The van der Waals surface area contributed by atoms with E-state index in [2.05, 4.69) is 17.6 Å². The molecule has 0 unspecified atom stereocenters. The number of carbonyl (C=O) groups excluding carboxylic acids is 2. The topological polar surface area (TPSA) is 74.6 Å². The largest absolute Gasteiger partial charge is 0.467 e. The van der Waals surface area contributed by atoms with Gasteiger partial charge in [-0.1, -0.05) is 13.3 Å². The van der Waals surface area contributed by atoms with Crippen LogP contribution in [0.25, 0.3) is 0 Å². The molecule has 2 rings (SSSR count). The van der Waals surface area contributed by atoms with Crippen LogP contribution in [0.1, 0.15) is 45.8 Å². The number of nitrogens with one attached hydrogen (secondary N) is 2. The molecule has 24 heavy (non-hydrogen) atoms. The molecule has 2 N–H and O–H groups in total. The maximum absolute atomic E-state index is 12.2. The van der Waals surface area contributed by atoms with Crippen molar-refractivity contribution in [3.05, 3.63) is 24.2 Å². The number of carbonyl (C=O) groups is 2. The second-order valence-corrected chi connectivity index (χ2v) is 6.83. The van der Waals surface area contributed by atoms with Gasteiger partial charge in [0.25, 0.3) is 0 Å². The number of amides is 3. The fourth-order valence-corrected chi connectivity index (χ4v) is 3.24. The molecule has 1 aromatic rings. The van der Waals surface area contributed by atoms with Crippen LogP contribution in [0.15, 0.2) is 22.8 Å². The summed E-state index contributed by atoms with van der Waals surface area (Å²) < 4.78 is 5.22. The van der Waals surface area contributed by atoms with Gasteiger partial charge in [-0.3, -0.25) is 4.79 Å². The van der Waals surface area contributed by atoms with E-state index in [0.717, 1.165) is 25.1 Å². The Labute approximate surface area is 144 Å². The first-order valence-corrected chi connectivity index (χ1v) is 8.84. The van der Waals surface area contributed by atoms with Crippen molar-refractivity contribution in [1.82, 2.24) is 15.5 Å². The lowest BCUT2D eigenvalue weighted by Gasteiger charge is -2.38. The number of furan rings is 1. The van der Waals surface area contributed by atoms with E-state index in [9.17, 15) is 9.59 Å². The van der Waals surface area contributed by atoms with Crippen LogP contribution in [-0.2, 0) is 11.3 Å². The molecule has 1 fully saturated rings. The first-order valence-electron chi connectivity index (χ1n) is 8.84. The number of piperidine rings is 1. The number of hydrogen-bond acceptors (Lipinski definition) is 3. The highest BCUT2D eigenvalue weighted by atomic mass is 16.3. The smallest absolute Gasteiger partial charge is 0.317 e. The predicted octanol–water partition coefficient (Wildman–Crippen LogP) is 2.75. The highest BCUT2D eigenvalue weighted by molar-refractivity contribution is 5.76. The van der Waals surface area contributed by atoms with Crippen LogP contribution in [0, 0.1) is 11.8 Å². The zero-order chi connectivity index (χ0) is 17.5. The maximum Gasteiger partial charge on any atom is 0.317 e. The third-order valence-corrected chi connectivity index (χ3v) is 4.60. The molecular weight excluding hydrogens is 306 g/mol. The number of urea groups is 1. The van der Waals surface area contributed by atoms with Gasteiger partial charge < -0.3 is 20.0 Å². The van der Waals surface area contributed by atoms with E-state index in [1.54, 1.807) is 6.26 Å². The molecule has 0 saturated carbocycles. The molecule has 1 aliphatic rings.